The Hall–Kier alpha value is 0. The van der Waals surface area contributed by atoms with Crippen molar-refractivity contribution in [3.05, 3.63) is 0 Å². The Kier molecular flexibility index (Phi) is 3.09. The van der Waals surface area contributed by atoms with Crippen molar-refractivity contribution >= 4 is 0 Å². The first-order valence-corrected chi connectivity index (χ1v) is 5.81. The zero-order chi connectivity index (χ0) is 10.1. The molecule has 0 aromatic carbocycles. The van der Waals surface area contributed by atoms with Gasteiger partial charge in [-0.2, -0.15) is 0 Å². The van der Waals surface area contributed by atoms with Gasteiger partial charge in [-0.3, -0.25) is 0 Å². The highest BCUT2D eigenvalue weighted by Gasteiger charge is 2.29. The van der Waals surface area contributed by atoms with Gasteiger partial charge >= 0.3 is 0 Å². The molecule has 0 saturated heterocycles. The van der Waals surface area contributed by atoms with Crippen LogP contribution in [-0.2, 0) is 0 Å². The summed E-state index contributed by atoms with van der Waals surface area (Å²) in [5.41, 5.74) is 1.17. The molecule has 0 aliphatic heterocycles. The third kappa shape index (κ3) is 3.70. The summed E-state index contributed by atoms with van der Waals surface area (Å²) >= 11 is 0. The Labute approximate surface area is 84.1 Å². The van der Waals surface area contributed by atoms with E-state index in [2.05, 4.69) is 34.6 Å². The van der Waals surface area contributed by atoms with E-state index < -0.39 is 0 Å². The van der Waals surface area contributed by atoms with E-state index in [1.807, 2.05) is 0 Å². The molecule has 1 aliphatic rings. The smallest absolute Gasteiger partial charge is 0.0351 e. The molecule has 1 atom stereocenters. The van der Waals surface area contributed by atoms with Crippen molar-refractivity contribution in [2.24, 2.45) is 16.7 Å². The number of rotatable bonds is 0. The average Bonchev–Trinajstić information content (AvgIpc) is 1.96. The lowest BCUT2D eigenvalue weighted by atomic mass is 9.69. The SMILES string of the molecule is CC1CCC(C)(C)CCC(C)(C)C1. The monoisotopic (exact) mass is 182 g/mol. The third-order valence-electron chi connectivity index (χ3n) is 3.69. The fourth-order valence-electron chi connectivity index (χ4n) is 2.59. The largest absolute Gasteiger partial charge is 0.0625 e. The Balaban J connectivity index is 2.61. The van der Waals surface area contributed by atoms with Gasteiger partial charge in [0, 0.05) is 0 Å². The molecule has 1 rings (SSSR count). The summed E-state index contributed by atoms with van der Waals surface area (Å²) in [5, 5.41) is 0. The van der Waals surface area contributed by atoms with E-state index in [-0.39, 0.29) is 0 Å². The summed E-state index contributed by atoms with van der Waals surface area (Å²) in [6.07, 6.45) is 7.08. The van der Waals surface area contributed by atoms with Gasteiger partial charge in [0.1, 0.15) is 0 Å². The first kappa shape index (κ1) is 11.1. The van der Waals surface area contributed by atoms with E-state index >= 15 is 0 Å². The maximum Gasteiger partial charge on any atom is -0.0351 e. The molecule has 1 aliphatic carbocycles. The highest BCUT2D eigenvalue weighted by atomic mass is 14.3. The quantitative estimate of drug-likeness (QED) is 0.512. The minimum Gasteiger partial charge on any atom is -0.0625 e. The van der Waals surface area contributed by atoms with Crippen LogP contribution in [0.3, 0.4) is 0 Å². The van der Waals surface area contributed by atoms with Gasteiger partial charge in [-0.25, -0.2) is 0 Å². The van der Waals surface area contributed by atoms with E-state index in [1.54, 1.807) is 0 Å². The Morgan fingerprint density at radius 3 is 2.00 bits per heavy atom. The van der Waals surface area contributed by atoms with Crippen molar-refractivity contribution < 1.29 is 0 Å². The number of hydrogen-bond donors (Lipinski definition) is 0. The molecule has 0 radical (unpaired) electrons. The minimum absolute atomic E-state index is 0.580. The van der Waals surface area contributed by atoms with Crippen molar-refractivity contribution in [3.63, 3.8) is 0 Å². The first-order valence-electron chi connectivity index (χ1n) is 5.81. The van der Waals surface area contributed by atoms with Crippen molar-refractivity contribution in [2.75, 3.05) is 0 Å². The lowest BCUT2D eigenvalue weighted by Crippen LogP contribution is -2.24. The molecule has 1 saturated carbocycles. The zero-order valence-corrected chi connectivity index (χ0v) is 10.1. The van der Waals surface area contributed by atoms with Gasteiger partial charge in [0.2, 0.25) is 0 Å². The molecule has 0 N–H and O–H groups in total. The van der Waals surface area contributed by atoms with Gasteiger partial charge in [-0.05, 0) is 42.4 Å². The van der Waals surface area contributed by atoms with Crippen LogP contribution in [0.2, 0.25) is 0 Å². The van der Waals surface area contributed by atoms with Crippen molar-refractivity contribution in [1.29, 1.82) is 0 Å². The molecule has 0 spiro atoms. The summed E-state index contributed by atoms with van der Waals surface area (Å²) < 4.78 is 0. The van der Waals surface area contributed by atoms with E-state index in [9.17, 15) is 0 Å². The molecule has 0 heterocycles. The van der Waals surface area contributed by atoms with Crippen LogP contribution in [0.4, 0.5) is 0 Å². The molecule has 0 amide bonds. The van der Waals surface area contributed by atoms with Crippen molar-refractivity contribution in [1.82, 2.24) is 0 Å². The summed E-state index contributed by atoms with van der Waals surface area (Å²) in [5.74, 6) is 0.926. The second kappa shape index (κ2) is 3.63. The van der Waals surface area contributed by atoms with Crippen molar-refractivity contribution in [3.8, 4) is 0 Å². The molecule has 0 nitrogen and oxygen atoms in total. The van der Waals surface area contributed by atoms with Crippen LogP contribution in [0.25, 0.3) is 0 Å². The maximum atomic E-state index is 2.44. The summed E-state index contributed by atoms with van der Waals surface area (Å²) in [6.45, 7) is 12.2. The normalized spacial score (nSPS) is 33.5. The van der Waals surface area contributed by atoms with Gasteiger partial charge in [0.25, 0.3) is 0 Å². The third-order valence-corrected chi connectivity index (χ3v) is 3.69. The maximum absolute atomic E-state index is 2.44. The van der Waals surface area contributed by atoms with E-state index in [0.29, 0.717) is 10.8 Å². The zero-order valence-electron chi connectivity index (χ0n) is 10.1. The standard InChI is InChI=1S/C13H26/c1-11-6-7-12(2,3)8-9-13(4,5)10-11/h11H,6-10H2,1-5H3. The van der Waals surface area contributed by atoms with Crippen LogP contribution in [0, 0.1) is 16.7 Å². The molecule has 0 heteroatoms. The Morgan fingerprint density at radius 2 is 1.38 bits per heavy atom. The van der Waals surface area contributed by atoms with Crippen LogP contribution in [0.15, 0.2) is 0 Å². The summed E-state index contributed by atoms with van der Waals surface area (Å²) in [7, 11) is 0. The van der Waals surface area contributed by atoms with Crippen molar-refractivity contribution in [2.45, 2.75) is 66.7 Å². The molecule has 1 unspecified atom stereocenters. The van der Waals surface area contributed by atoms with Gasteiger partial charge < -0.3 is 0 Å². The van der Waals surface area contributed by atoms with Gasteiger partial charge in [-0.15, -0.1) is 0 Å². The lowest BCUT2D eigenvalue weighted by molar-refractivity contribution is 0.149. The Morgan fingerprint density at radius 1 is 0.846 bits per heavy atom. The predicted octanol–water partition coefficient (Wildman–Crippen LogP) is 4.64. The van der Waals surface area contributed by atoms with Crippen LogP contribution < -0.4 is 0 Å². The molecule has 0 aromatic rings. The van der Waals surface area contributed by atoms with Crippen LogP contribution in [-0.4, -0.2) is 0 Å². The van der Waals surface area contributed by atoms with Gasteiger partial charge in [-0.1, -0.05) is 41.0 Å². The molecule has 13 heavy (non-hydrogen) atoms. The predicted molar refractivity (Wildman–Crippen MR) is 59.8 cm³/mol. The summed E-state index contributed by atoms with van der Waals surface area (Å²) in [4.78, 5) is 0. The van der Waals surface area contributed by atoms with Gasteiger partial charge in [0.05, 0.1) is 0 Å². The van der Waals surface area contributed by atoms with Gasteiger partial charge in [0.15, 0.2) is 0 Å². The molecule has 0 aromatic heterocycles. The molecule has 78 valence electrons. The molecular weight excluding hydrogens is 156 g/mol. The lowest BCUT2D eigenvalue weighted by Gasteiger charge is -2.37. The highest BCUT2D eigenvalue weighted by Crippen LogP contribution is 2.42. The second-order valence-electron chi connectivity index (χ2n) is 6.68. The topological polar surface area (TPSA) is 0 Å². The average molecular weight is 182 g/mol. The fraction of sp³-hybridized carbons (Fsp3) is 1.00. The van der Waals surface area contributed by atoms with Crippen LogP contribution in [0.5, 0.6) is 0 Å². The molecule has 0 bridgehead atoms. The van der Waals surface area contributed by atoms with E-state index in [4.69, 9.17) is 0 Å². The fourth-order valence-corrected chi connectivity index (χ4v) is 2.59. The second-order valence-corrected chi connectivity index (χ2v) is 6.68. The van der Waals surface area contributed by atoms with E-state index in [1.165, 1.54) is 32.1 Å². The van der Waals surface area contributed by atoms with E-state index in [0.717, 1.165) is 5.92 Å². The molecule has 1 fully saturated rings. The molecular formula is C13H26. The number of hydrogen-bond acceptors (Lipinski definition) is 0. The summed E-state index contributed by atoms with van der Waals surface area (Å²) in [6, 6.07) is 0. The van der Waals surface area contributed by atoms with Crippen LogP contribution in [0.1, 0.15) is 66.7 Å². The minimum atomic E-state index is 0.580. The van der Waals surface area contributed by atoms with Crippen LogP contribution >= 0.6 is 0 Å². The first-order chi connectivity index (χ1) is 5.81. The highest BCUT2D eigenvalue weighted by molar-refractivity contribution is 4.81. The Bertz CT molecular complexity index is 165.